The number of carbonyl (C=O) groups excluding carboxylic acids is 1. The predicted octanol–water partition coefficient (Wildman–Crippen LogP) is 4.77. The molecule has 2 rings (SSSR count). The van der Waals surface area contributed by atoms with Gasteiger partial charge in [-0.2, -0.15) is 0 Å². The highest BCUT2D eigenvalue weighted by molar-refractivity contribution is 5.75. The van der Waals surface area contributed by atoms with Crippen LogP contribution in [-0.2, 0) is 17.9 Å². The van der Waals surface area contributed by atoms with Gasteiger partial charge in [-0.1, -0.05) is 51.0 Å². The summed E-state index contributed by atoms with van der Waals surface area (Å²) in [6.07, 6.45) is 6.13. The topological polar surface area (TPSA) is 25.2 Å². The smallest absolute Gasteiger partial charge is 0.222 e. The summed E-state index contributed by atoms with van der Waals surface area (Å²) in [6, 6.07) is 12.7. The van der Waals surface area contributed by atoms with E-state index in [0.717, 1.165) is 19.5 Å². The maximum atomic E-state index is 12.3. The maximum Gasteiger partial charge on any atom is 0.222 e. The van der Waals surface area contributed by atoms with Crippen molar-refractivity contribution < 1.29 is 4.79 Å². The molecule has 0 aliphatic carbocycles. The molecule has 1 aromatic carbocycles. The van der Waals surface area contributed by atoms with Crippen molar-refractivity contribution in [1.82, 2.24) is 9.47 Å². The highest BCUT2D eigenvalue weighted by atomic mass is 16.2. The second-order valence-corrected chi connectivity index (χ2v) is 6.43. The molecule has 0 radical (unpaired) electrons. The van der Waals surface area contributed by atoms with Crippen molar-refractivity contribution in [1.29, 1.82) is 0 Å². The number of unbranched alkanes of at least 4 members (excludes halogenated alkanes) is 2. The number of hydrogen-bond donors (Lipinski definition) is 0. The molecule has 1 amide bonds. The van der Waals surface area contributed by atoms with E-state index in [1.807, 2.05) is 11.8 Å². The Morgan fingerprint density at radius 2 is 1.88 bits per heavy atom. The fourth-order valence-electron chi connectivity index (χ4n) is 2.98. The van der Waals surface area contributed by atoms with Crippen molar-refractivity contribution in [3.8, 4) is 0 Å². The summed E-state index contributed by atoms with van der Waals surface area (Å²) in [5.74, 6) is 0.245. The number of hydrogen-bond acceptors (Lipinski definition) is 1. The molecule has 2 aromatic rings. The molecule has 0 spiro atoms. The third-order valence-corrected chi connectivity index (χ3v) is 4.57. The first-order chi connectivity index (χ1) is 11.7. The van der Waals surface area contributed by atoms with Gasteiger partial charge in [0.1, 0.15) is 0 Å². The van der Waals surface area contributed by atoms with E-state index < -0.39 is 0 Å². The molecule has 0 bridgehead atoms. The summed E-state index contributed by atoms with van der Waals surface area (Å²) in [6.45, 7) is 8.71. The molecular formula is C21H30N2O. The zero-order valence-corrected chi connectivity index (χ0v) is 15.3. The van der Waals surface area contributed by atoms with Crippen molar-refractivity contribution in [3.63, 3.8) is 0 Å². The molecule has 0 N–H and O–H groups in total. The van der Waals surface area contributed by atoms with Crippen LogP contribution in [0.2, 0.25) is 0 Å². The molecule has 24 heavy (non-hydrogen) atoms. The minimum Gasteiger partial charge on any atom is -0.345 e. The lowest BCUT2D eigenvalue weighted by Crippen LogP contribution is -2.31. The summed E-state index contributed by atoms with van der Waals surface area (Å²) >= 11 is 0. The average molecular weight is 326 g/mol. The molecule has 130 valence electrons. The van der Waals surface area contributed by atoms with E-state index in [-0.39, 0.29) is 5.91 Å². The van der Waals surface area contributed by atoms with Gasteiger partial charge in [0.2, 0.25) is 5.91 Å². The second-order valence-electron chi connectivity index (χ2n) is 6.43. The lowest BCUT2D eigenvalue weighted by molar-refractivity contribution is -0.131. The normalized spacial score (nSPS) is 10.8. The van der Waals surface area contributed by atoms with Gasteiger partial charge in [0.05, 0.1) is 6.54 Å². The van der Waals surface area contributed by atoms with Gasteiger partial charge >= 0.3 is 0 Å². The Bertz CT molecular complexity index is 645. The number of aryl methyl sites for hydroxylation is 1. The van der Waals surface area contributed by atoms with Gasteiger partial charge in [0.25, 0.3) is 0 Å². The fourth-order valence-corrected chi connectivity index (χ4v) is 2.98. The van der Waals surface area contributed by atoms with E-state index in [1.165, 1.54) is 29.7 Å². The summed E-state index contributed by atoms with van der Waals surface area (Å²) in [4.78, 5) is 14.3. The van der Waals surface area contributed by atoms with Gasteiger partial charge in [-0.25, -0.2) is 0 Å². The highest BCUT2D eigenvalue weighted by Crippen LogP contribution is 2.14. The molecule has 0 unspecified atom stereocenters. The number of rotatable bonds is 9. The first kappa shape index (κ1) is 18.3. The Balaban J connectivity index is 2.09. The number of amides is 1. The van der Waals surface area contributed by atoms with Crippen molar-refractivity contribution in [2.45, 2.75) is 59.5 Å². The minimum atomic E-state index is 0.245. The Labute approximate surface area is 146 Å². The van der Waals surface area contributed by atoms with Crippen LogP contribution < -0.4 is 0 Å². The van der Waals surface area contributed by atoms with Crippen LogP contribution in [-0.4, -0.2) is 21.9 Å². The molecular weight excluding hydrogens is 296 g/mol. The molecule has 0 atom stereocenters. The summed E-state index contributed by atoms with van der Waals surface area (Å²) < 4.78 is 2.26. The lowest BCUT2D eigenvalue weighted by Gasteiger charge is -2.23. The van der Waals surface area contributed by atoms with E-state index in [0.29, 0.717) is 13.0 Å². The van der Waals surface area contributed by atoms with Crippen LogP contribution in [0.1, 0.15) is 56.4 Å². The third kappa shape index (κ3) is 4.98. The molecule has 3 heteroatoms. The number of carbonyl (C=O) groups is 1. The van der Waals surface area contributed by atoms with Crippen molar-refractivity contribution in [2.24, 2.45) is 0 Å². The van der Waals surface area contributed by atoms with E-state index >= 15 is 0 Å². The highest BCUT2D eigenvalue weighted by Gasteiger charge is 2.14. The minimum absolute atomic E-state index is 0.245. The van der Waals surface area contributed by atoms with Gasteiger partial charge in [0.15, 0.2) is 0 Å². The lowest BCUT2D eigenvalue weighted by atomic mass is 10.1. The summed E-state index contributed by atoms with van der Waals surface area (Å²) in [5, 5.41) is 0. The Kier molecular flexibility index (Phi) is 7.10. The number of aromatic nitrogens is 1. The third-order valence-electron chi connectivity index (χ3n) is 4.57. The standard InChI is InChI=1S/C21H30N2O/c1-4-6-9-14-23(21(24)5-2)17-20-13-10-15-22(20)16-19-12-8-7-11-18(19)3/h7-8,10-13,15H,4-6,9,14,16-17H2,1-3H3. The molecule has 0 aliphatic rings. The van der Waals surface area contributed by atoms with Crippen LogP contribution in [0.5, 0.6) is 0 Å². The molecule has 1 aromatic heterocycles. The first-order valence-corrected chi connectivity index (χ1v) is 9.12. The largest absolute Gasteiger partial charge is 0.345 e. The summed E-state index contributed by atoms with van der Waals surface area (Å²) in [7, 11) is 0. The predicted molar refractivity (Wildman–Crippen MR) is 99.9 cm³/mol. The zero-order valence-electron chi connectivity index (χ0n) is 15.3. The quantitative estimate of drug-likeness (QED) is 0.609. The average Bonchev–Trinajstić information content (AvgIpc) is 3.02. The second kappa shape index (κ2) is 9.31. The van der Waals surface area contributed by atoms with Crippen molar-refractivity contribution >= 4 is 5.91 Å². The van der Waals surface area contributed by atoms with Gasteiger partial charge in [-0.3, -0.25) is 4.79 Å². The fraction of sp³-hybridized carbons (Fsp3) is 0.476. The molecule has 0 saturated heterocycles. The van der Waals surface area contributed by atoms with E-state index in [1.54, 1.807) is 0 Å². The van der Waals surface area contributed by atoms with Crippen molar-refractivity contribution in [3.05, 3.63) is 59.4 Å². The SMILES string of the molecule is CCCCCN(Cc1cccn1Cc1ccccc1C)C(=O)CC. The maximum absolute atomic E-state index is 12.3. The number of nitrogens with zero attached hydrogens (tertiary/aromatic N) is 2. The van der Waals surface area contributed by atoms with Gasteiger partial charge < -0.3 is 9.47 Å². The Morgan fingerprint density at radius 1 is 1.08 bits per heavy atom. The van der Waals surface area contributed by atoms with E-state index in [4.69, 9.17) is 0 Å². The van der Waals surface area contributed by atoms with Crippen LogP contribution in [0, 0.1) is 6.92 Å². The molecule has 1 heterocycles. The van der Waals surface area contributed by atoms with Gasteiger partial charge in [-0.15, -0.1) is 0 Å². The first-order valence-electron chi connectivity index (χ1n) is 9.12. The van der Waals surface area contributed by atoms with Gasteiger partial charge in [-0.05, 0) is 36.6 Å². The summed E-state index contributed by atoms with van der Waals surface area (Å²) in [5.41, 5.74) is 3.84. The Hall–Kier alpha value is -2.03. The molecule has 0 saturated carbocycles. The van der Waals surface area contributed by atoms with E-state index in [2.05, 4.69) is 61.0 Å². The van der Waals surface area contributed by atoms with Crippen LogP contribution in [0.4, 0.5) is 0 Å². The number of benzene rings is 1. The van der Waals surface area contributed by atoms with Crippen molar-refractivity contribution in [2.75, 3.05) is 6.54 Å². The van der Waals surface area contributed by atoms with Gasteiger partial charge in [0, 0.05) is 31.4 Å². The van der Waals surface area contributed by atoms with Crippen LogP contribution in [0.15, 0.2) is 42.6 Å². The monoisotopic (exact) mass is 326 g/mol. The van der Waals surface area contributed by atoms with Crippen LogP contribution >= 0.6 is 0 Å². The van der Waals surface area contributed by atoms with Crippen LogP contribution in [0.3, 0.4) is 0 Å². The van der Waals surface area contributed by atoms with Crippen LogP contribution in [0.25, 0.3) is 0 Å². The Morgan fingerprint density at radius 3 is 2.58 bits per heavy atom. The molecule has 0 fully saturated rings. The van der Waals surface area contributed by atoms with E-state index in [9.17, 15) is 4.79 Å². The molecule has 0 aliphatic heterocycles. The zero-order chi connectivity index (χ0) is 17.4. The molecule has 3 nitrogen and oxygen atoms in total.